The summed E-state index contributed by atoms with van der Waals surface area (Å²) in [7, 11) is 0. The van der Waals surface area contributed by atoms with Crippen LogP contribution >= 0.6 is 15.9 Å². The molecule has 0 radical (unpaired) electrons. The molecule has 1 aromatic heterocycles. The van der Waals surface area contributed by atoms with Gasteiger partial charge in [-0.25, -0.2) is 8.78 Å². The first-order chi connectivity index (χ1) is 6.98. The Morgan fingerprint density at radius 3 is 2.53 bits per heavy atom. The van der Waals surface area contributed by atoms with Gasteiger partial charge in [0.15, 0.2) is 0 Å². The molecule has 0 amide bonds. The summed E-state index contributed by atoms with van der Waals surface area (Å²) in [6.07, 6.45) is 0.771. The van der Waals surface area contributed by atoms with Crippen LogP contribution in [0.1, 0.15) is 31.7 Å². The van der Waals surface area contributed by atoms with E-state index in [-0.39, 0.29) is 18.9 Å². The van der Waals surface area contributed by atoms with E-state index in [4.69, 9.17) is 5.73 Å². The van der Waals surface area contributed by atoms with Crippen LogP contribution in [-0.4, -0.2) is 15.7 Å². The third-order valence-corrected chi connectivity index (χ3v) is 3.33. The van der Waals surface area contributed by atoms with E-state index in [9.17, 15) is 8.78 Å². The van der Waals surface area contributed by atoms with E-state index >= 15 is 0 Å². The Hall–Kier alpha value is -0.650. The van der Waals surface area contributed by atoms with E-state index in [1.165, 1.54) is 0 Å². The average Bonchev–Trinajstić information content (AvgIpc) is 2.45. The van der Waals surface area contributed by atoms with E-state index < -0.39 is 5.92 Å². The van der Waals surface area contributed by atoms with E-state index in [0.29, 0.717) is 18.7 Å². The van der Waals surface area contributed by atoms with E-state index in [1.54, 1.807) is 10.7 Å². The Balaban J connectivity index is 2.11. The molecule has 1 aliphatic carbocycles. The molecule has 0 unspecified atom stereocenters. The Kier molecular flexibility index (Phi) is 2.70. The Morgan fingerprint density at radius 1 is 1.47 bits per heavy atom. The van der Waals surface area contributed by atoms with Crippen molar-refractivity contribution in [2.24, 2.45) is 0 Å². The Labute approximate surface area is 94.8 Å². The van der Waals surface area contributed by atoms with E-state index in [1.807, 2.05) is 0 Å². The fourth-order valence-corrected chi connectivity index (χ4v) is 2.52. The van der Waals surface area contributed by atoms with Gasteiger partial charge in [0.05, 0.1) is 6.04 Å². The lowest BCUT2D eigenvalue weighted by Crippen LogP contribution is -2.26. The van der Waals surface area contributed by atoms with Gasteiger partial charge in [-0.15, -0.1) is 0 Å². The second-order valence-corrected chi connectivity index (χ2v) is 4.74. The summed E-state index contributed by atoms with van der Waals surface area (Å²) in [5.74, 6) is -2.08. The van der Waals surface area contributed by atoms with Crippen molar-refractivity contribution in [1.82, 2.24) is 9.78 Å². The van der Waals surface area contributed by atoms with Gasteiger partial charge in [0.2, 0.25) is 5.92 Å². The summed E-state index contributed by atoms with van der Waals surface area (Å²) < 4.78 is 28.3. The Morgan fingerprint density at radius 2 is 2.07 bits per heavy atom. The third-order valence-electron chi connectivity index (χ3n) is 2.74. The lowest BCUT2D eigenvalue weighted by Gasteiger charge is -2.28. The quantitative estimate of drug-likeness (QED) is 0.859. The molecule has 0 saturated heterocycles. The van der Waals surface area contributed by atoms with E-state index in [0.717, 1.165) is 4.60 Å². The third kappa shape index (κ3) is 2.30. The number of halogens is 3. The average molecular weight is 280 g/mol. The summed E-state index contributed by atoms with van der Waals surface area (Å²) >= 11 is 3.31. The first-order valence-corrected chi connectivity index (χ1v) is 5.65. The lowest BCUT2D eigenvalue weighted by molar-refractivity contribution is -0.0451. The molecule has 0 spiro atoms. The molecule has 2 rings (SSSR count). The number of nitrogen functional groups attached to an aromatic ring is 1. The fraction of sp³-hybridized carbons (Fsp3) is 0.667. The molecule has 0 atom stereocenters. The van der Waals surface area contributed by atoms with Crippen molar-refractivity contribution in [3.05, 3.63) is 10.7 Å². The molecule has 1 aliphatic rings. The molecular weight excluding hydrogens is 268 g/mol. The number of rotatable bonds is 1. The van der Waals surface area contributed by atoms with Crippen molar-refractivity contribution in [3.63, 3.8) is 0 Å². The largest absolute Gasteiger partial charge is 0.382 e. The summed E-state index contributed by atoms with van der Waals surface area (Å²) in [4.78, 5) is 0. The highest BCUT2D eigenvalue weighted by Crippen LogP contribution is 2.39. The van der Waals surface area contributed by atoms with Crippen LogP contribution in [-0.2, 0) is 0 Å². The first kappa shape index (κ1) is 10.9. The summed E-state index contributed by atoms with van der Waals surface area (Å²) in [5, 5.41) is 4.08. The zero-order valence-electron chi connectivity index (χ0n) is 8.09. The van der Waals surface area contributed by atoms with Gasteiger partial charge in [-0.1, -0.05) is 0 Å². The van der Waals surface area contributed by atoms with Gasteiger partial charge in [-0.2, -0.15) is 5.10 Å². The highest BCUT2D eigenvalue weighted by molar-refractivity contribution is 9.10. The lowest BCUT2D eigenvalue weighted by atomic mass is 9.92. The topological polar surface area (TPSA) is 43.8 Å². The Bertz CT molecular complexity index is 354. The van der Waals surface area contributed by atoms with Crippen LogP contribution in [0.5, 0.6) is 0 Å². The van der Waals surface area contributed by atoms with Crippen molar-refractivity contribution in [2.75, 3.05) is 5.73 Å². The molecular formula is C9H12BrF2N3. The molecule has 2 N–H and O–H groups in total. The molecule has 0 bridgehead atoms. The highest BCUT2D eigenvalue weighted by Gasteiger charge is 2.36. The SMILES string of the molecule is Nc1cc(Br)n(C2CCC(F)(F)CC2)n1. The molecule has 1 aromatic rings. The van der Waals surface area contributed by atoms with Crippen LogP contribution in [0.4, 0.5) is 14.6 Å². The van der Waals surface area contributed by atoms with Crippen LogP contribution in [0.2, 0.25) is 0 Å². The first-order valence-electron chi connectivity index (χ1n) is 4.86. The number of aromatic nitrogens is 2. The van der Waals surface area contributed by atoms with Crippen molar-refractivity contribution in [2.45, 2.75) is 37.6 Å². The van der Waals surface area contributed by atoms with Crippen LogP contribution in [0, 0.1) is 0 Å². The number of nitrogens with zero attached hydrogens (tertiary/aromatic N) is 2. The molecule has 0 aliphatic heterocycles. The van der Waals surface area contributed by atoms with Crippen molar-refractivity contribution in [1.29, 1.82) is 0 Å². The van der Waals surface area contributed by atoms with E-state index in [2.05, 4.69) is 21.0 Å². The predicted molar refractivity (Wildman–Crippen MR) is 56.8 cm³/mol. The maximum Gasteiger partial charge on any atom is 0.248 e. The van der Waals surface area contributed by atoms with Crippen LogP contribution in [0.15, 0.2) is 10.7 Å². The van der Waals surface area contributed by atoms with Gasteiger partial charge in [0.1, 0.15) is 10.4 Å². The monoisotopic (exact) mass is 279 g/mol. The molecule has 1 heterocycles. The smallest absolute Gasteiger partial charge is 0.248 e. The molecule has 84 valence electrons. The number of hydrogen-bond acceptors (Lipinski definition) is 2. The zero-order chi connectivity index (χ0) is 11.1. The number of alkyl halides is 2. The molecule has 6 heteroatoms. The number of anilines is 1. The van der Waals surface area contributed by atoms with Crippen molar-refractivity contribution < 1.29 is 8.78 Å². The van der Waals surface area contributed by atoms with Gasteiger partial charge in [-0.3, -0.25) is 4.68 Å². The van der Waals surface area contributed by atoms with Gasteiger partial charge >= 0.3 is 0 Å². The molecule has 1 saturated carbocycles. The highest BCUT2D eigenvalue weighted by atomic mass is 79.9. The predicted octanol–water partition coefficient (Wildman–Crippen LogP) is 2.98. The molecule has 3 nitrogen and oxygen atoms in total. The van der Waals surface area contributed by atoms with Crippen molar-refractivity contribution >= 4 is 21.7 Å². The minimum absolute atomic E-state index is 0.0382. The second-order valence-electron chi connectivity index (χ2n) is 3.92. The van der Waals surface area contributed by atoms with Crippen LogP contribution in [0.25, 0.3) is 0 Å². The maximum absolute atomic E-state index is 12.9. The van der Waals surface area contributed by atoms with Gasteiger partial charge in [-0.05, 0) is 28.8 Å². The van der Waals surface area contributed by atoms with Crippen LogP contribution < -0.4 is 5.73 Å². The normalized spacial score (nSPS) is 21.8. The fourth-order valence-electron chi connectivity index (χ4n) is 1.91. The summed E-state index contributed by atoms with van der Waals surface area (Å²) in [5.41, 5.74) is 5.53. The maximum atomic E-state index is 12.9. The van der Waals surface area contributed by atoms with Gasteiger partial charge in [0.25, 0.3) is 0 Å². The molecule has 1 fully saturated rings. The summed E-state index contributed by atoms with van der Waals surface area (Å²) in [6, 6.07) is 1.73. The minimum atomic E-state index is -2.50. The van der Waals surface area contributed by atoms with Gasteiger partial charge in [0, 0.05) is 18.9 Å². The number of nitrogens with two attached hydrogens (primary N) is 1. The van der Waals surface area contributed by atoms with Gasteiger partial charge < -0.3 is 5.73 Å². The standard InChI is InChI=1S/C9H12BrF2N3/c10-7-5-8(13)14-15(7)6-1-3-9(11,12)4-2-6/h5-6H,1-4H2,(H2,13,14). The summed E-state index contributed by atoms with van der Waals surface area (Å²) in [6.45, 7) is 0. The van der Waals surface area contributed by atoms with Crippen molar-refractivity contribution in [3.8, 4) is 0 Å². The molecule has 15 heavy (non-hydrogen) atoms. The molecule has 0 aromatic carbocycles. The minimum Gasteiger partial charge on any atom is -0.382 e. The van der Waals surface area contributed by atoms with Crippen LogP contribution in [0.3, 0.4) is 0 Å². The zero-order valence-corrected chi connectivity index (χ0v) is 9.67. The number of hydrogen-bond donors (Lipinski definition) is 1. The second kappa shape index (κ2) is 3.73.